The van der Waals surface area contributed by atoms with Gasteiger partial charge in [0.25, 0.3) is 0 Å². The lowest BCUT2D eigenvalue weighted by Crippen LogP contribution is -2.35. The smallest absolute Gasteiger partial charge is 0.317 e. The highest BCUT2D eigenvalue weighted by atomic mass is 19.1. The van der Waals surface area contributed by atoms with Crippen molar-refractivity contribution in [3.8, 4) is 0 Å². The van der Waals surface area contributed by atoms with E-state index in [4.69, 9.17) is 5.11 Å². The maximum Gasteiger partial charge on any atom is 0.317 e. The van der Waals surface area contributed by atoms with Crippen LogP contribution in [0.5, 0.6) is 0 Å². The first-order valence-electron chi connectivity index (χ1n) is 7.41. The largest absolute Gasteiger partial charge is 0.480 e. The SMILES string of the molecule is Cc1ccc(C(C)N2CCCN(CC(=O)O)CC2)cc1F. The molecule has 0 radical (unpaired) electrons. The van der Waals surface area contributed by atoms with Gasteiger partial charge in [0.15, 0.2) is 0 Å². The Balaban J connectivity index is 2.00. The lowest BCUT2D eigenvalue weighted by Gasteiger charge is -2.28. The fraction of sp³-hybridized carbons (Fsp3) is 0.562. The van der Waals surface area contributed by atoms with Gasteiger partial charge in [-0.05, 0) is 37.5 Å². The van der Waals surface area contributed by atoms with Gasteiger partial charge < -0.3 is 5.11 Å². The molecule has 4 nitrogen and oxygen atoms in total. The summed E-state index contributed by atoms with van der Waals surface area (Å²) >= 11 is 0. The standard InChI is InChI=1S/C16H23FN2O2/c1-12-4-5-14(10-15(12)17)13(2)19-7-3-6-18(8-9-19)11-16(20)21/h4-5,10,13H,3,6-9,11H2,1-2H3,(H,20,21). The molecule has 1 N–H and O–H groups in total. The second-order valence-corrected chi connectivity index (χ2v) is 5.74. The second kappa shape index (κ2) is 7.00. The topological polar surface area (TPSA) is 43.8 Å². The van der Waals surface area contributed by atoms with Crippen LogP contribution in [0.15, 0.2) is 18.2 Å². The van der Waals surface area contributed by atoms with Crippen LogP contribution < -0.4 is 0 Å². The molecular weight excluding hydrogens is 271 g/mol. The van der Waals surface area contributed by atoms with Crippen molar-refractivity contribution in [2.24, 2.45) is 0 Å². The molecule has 0 bridgehead atoms. The number of nitrogens with zero attached hydrogens (tertiary/aromatic N) is 2. The molecular formula is C16H23FN2O2. The third kappa shape index (κ3) is 4.25. The summed E-state index contributed by atoms with van der Waals surface area (Å²) in [6, 6.07) is 5.54. The van der Waals surface area contributed by atoms with Crippen molar-refractivity contribution in [2.75, 3.05) is 32.7 Å². The summed E-state index contributed by atoms with van der Waals surface area (Å²) in [7, 11) is 0. The summed E-state index contributed by atoms with van der Waals surface area (Å²) in [5, 5.41) is 8.87. The number of carboxylic acids is 1. The lowest BCUT2D eigenvalue weighted by molar-refractivity contribution is -0.138. The fourth-order valence-corrected chi connectivity index (χ4v) is 2.81. The molecule has 1 unspecified atom stereocenters. The Morgan fingerprint density at radius 2 is 2.10 bits per heavy atom. The molecule has 1 aromatic carbocycles. The van der Waals surface area contributed by atoms with Crippen LogP contribution in [0.2, 0.25) is 0 Å². The van der Waals surface area contributed by atoms with Crippen molar-refractivity contribution >= 4 is 5.97 Å². The van der Waals surface area contributed by atoms with Crippen molar-refractivity contribution in [2.45, 2.75) is 26.3 Å². The van der Waals surface area contributed by atoms with Gasteiger partial charge in [-0.2, -0.15) is 0 Å². The van der Waals surface area contributed by atoms with Gasteiger partial charge in [-0.15, -0.1) is 0 Å². The van der Waals surface area contributed by atoms with Crippen LogP contribution >= 0.6 is 0 Å². The Kier molecular flexibility index (Phi) is 5.31. The van der Waals surface area contributed by atoms with Crippen molar-refractivity contribution in [3.63, 3.8) is 0 Å². The van der Waals surface area contributed by atoms with Crippen LogP contribution in [0.4, 0.5) is 4.39 Å². The Morgan fingerprint density at radius 3 is 2.76 bits per heavy atom. The van der Waals surface area contributed by atoms with E-state index in [9.17, 15) is 9.18 Å². The van der Waals surface area contributed by atoms with Gasteiger partial charge in [-0.3, -0.25) is 14.6 Å². The molecule has 1 atom stereocenters. The molecule has 116 valence electrons. The predicted octanol–water partition coefficient (Wildman–Crippen LogP) is 2.29. The molecule has 2 rings (SSSR count). The van der Waals surface area contributed by atoms with Gasteiger partial charge in [0.05, 0.1) is 6.54 Å². The summed E-state index contributed by atoms with van der Waals surface area (Å²) in [5.41, 5.74) is 1.64. The first-order valence-corrected chi connectivity index (χ1v) is 7.41. The van der Waals surface area contributed by atoms with Gasteiger partial charge >= 0.3 is 5.97 Å². The zero-order chi connectivity index (χ0) is 15.4. The van der Waals surface area contributed by atoms with Crippen LogP contribution in [-0.2, 0) is 4.79 Å². The zero-order valence-electron chi connectivity index (χ0n) is 12.7. The van der Waals surface area contributed by atoms with Crippen molar-refractivity contribution in [3.05, 3.63) is 35.1 Å². The van der Waals surface area contributed by atoms with Gasteiger partial charge in [0.1, 0.15) is 5.82 Å². The van der Waals surface area contributed by atoms with Gasteiger partial charge in [-0.1, -0.05) is 12.1 Å². The Labute approximate surface area is 125 Å². The minimum atomic E-state index is -0.780. The van der Waals surface area contributed by atoms with E-state index in [-0.39, 0.29) is 18.4 Å². The predicted molar refractivity (Wildman–Crippen MR) is 79.8 cm³/mol. The van der Waals surface area contributed by atoms with E-state index in [0.29, 0.717) is 5.56 Å². The van der Waals surface area contributed by atoms with E-state index >= 15 is 0 Å². The molecule has 1 heterocycles. The number of hydrogen-bond acceptors (Lipinski definition) is 3. The van der Waals surface area contributed by atoms with Gasteiger partial charge in [0.2, 0.25) is 0 Å². The van der Waals surface area contributed by atoms with E-state index in [1.165, 1.54) is 0 Å². The fourth-order valence-electron chi connectivity index (χ4n) is 2.81. The average molecular weight is 294 g/mol. The quantitative estimate of drug-likeness (QED) is 0.925. The monoisotopic (exact) mass is 294 g/mol. The van der Waals surface area contributed by atoms with E-state index in [2.05, 4.69) is 11.8 Å². The second-order valence-electron chi connectivity index (χ2n) is 5.74. The van der Waals surface area contributed by atoms with E-state index in [0.717, 1.165) is 38.2 Å². The maximum absolute atomic E-state index is 13.7. The van der Waals surface area contributed by atoms with E-state index < -0.39 is 5.97 Å². The molecule has 1 aromatic rings. The number of halogens is 1. The van der Waals surface area contributed by atoms with Crippen LogP contribution in [0.3, 0.4) is 0 Å². The number of hydrogen-bond donors (Lipinski definition) is 1. The highest BCUT2D eigenvalue weighted by Gasteiger charge is 2.21. The number of rotatable bonds is 4. The average Bonchev–Trinajstić information content (AvgIpc) is 2.66. The minimum absolute atomic E-state index is 0.0986. The molecule has 0 amide bonds. The van der Waals surface area contributed by atoms with E-state index in [1.54, 1.807) is 13.0 Å². The molecule has 0 aliphatic carbocycles. The summed E-state index contributed by atoms with van der Waals surface area (Å²) in [6.07, 6.45) is 0.936. The first-order chi connectivity index (χ1) is 9.97. The normalized spacial score (nSPS) is 19.2. The Hall–Kier alpha value is -1.46. The number of aliphatic carboxylic acids is 1. The molecule has 1 aliphatic heterocycles. The highest BCUT2D eigenvalue weighted by Crippen LogP contribution is 2.23. The van der Waals surface area contributed by atoms with Crippen molar-refractivity contribution < 1.29 is 14.3 Å². The summed E-state index contributed by atoms with van der Waals surface area (Å²) in [6.45, 7) is 7.21. The molecule has 0 aromatic heterocycles. The third-order valence-corrected chi connectivity index (χ3v) is 4.21. The summed E-state index contributed by atoms with van der Waals surface area (Å²) in [4.78, 5) is 15.0. The molecule has 5 heteroatoms. The van der Waals surface area contributed by atoms with E-state index in [1.807, 2.05) is 17.0 Å². The lowest BCUT2D eigenvalue weighted by atomic mass is 10.0. The van der Waals surface area contributed by atoms with Crippen molar-refractivity contribution in [1.82, 2.24) is 9.80 Å². The summed E-state index contributed by atoms with van der Waals surface area (Å²) < 4.78 is 13.7. The van der Waals surface area contributed by atoms with Crippen LogP contribution in [0.1, 0.15) is 30.5 Å². The number of benzene rings is 1. The maximum atomic E-state index is 13.7. The number of aryl methyl sites for hydroxylation is 1. The molecule has 0 saturated carbocycles. The third-order valence-electron chi connectivity index (χ3n) is 4.21. The molecule has 0 spiro atoms. The van der Waals surface area contributed by atoms with Crippen LogP contribution in [-0.4, -0.2) is 53.6 Å². The Morgan fingerprint density at radius 1 is 1.33 bits per heavy atom. The first kappa shape index (κ1) is 15.9. The van der Waals surface area contributed by atoms with Crippen molar-refractivity contribution in [1.29, 1.82) is 0 Å². The van der Waals surface area contributed by atoms with Gasteiger partial charge in [0, 0.05) is 32.2 Å². The molecule has 21 heavy (non-hydrogen) atoms. The van der Waals surface area contributed by atoms with Crippen LogP contribution in [0, 0.1) is 12.7 Å². The van der Waals surface area contributed by atoms with Crippen LogP contribution in [0.25, 0.3) is 0 Å². The summed E-state index contributed by atoms with van der Waals surface area (Å²) in [5.74, 6) is -0.946. The molecule has 1 fully saturated rings. The zero-order valence-corrected chi connectivity index (χ0v) is 12.7. The Bertz CT molecular complexity index is 507. The molecule has 1 saturated heterocycles. The van der Waals surface area contributed by atoms with Gasteiger partial charge in [-0.25, -0.2) is 4.39 Å². The minimum Gasteiger partial charge on any atom is -0.480 e. The highest BCUT2D eigenvalue weighted by molar-refractivity contribution is 5.69. The number of carboxylic acid groups (broad SMARTS) is 1. The number of carbonyl (C=O) groups is 1. The molecule has 1 aliphatic rings.